The van der Waals surface area contributed by atoms with Crippen molar-refractivity contribution in [3.05, 3.63) is 69.4 Å². The van der Waals surface area contributed by atoms with Gasteiger partial charge in [-0.05, 0) is 25.1 Å². The summed E-state index contributed by atoms with van der Waals surface area (Å²) in [7, 11) is 1.24. The lowest BCUT2D eigenvalue weighted by atomic mass is 10.2. The van der Waals surface area contributed by atoms with Gasteiger partial charge in [0.2, 0.25) is 0 Å². The minimum atomic E-state index is -0.619. The van der Waals surface area contributed by atoms with E-state index >= 15 is 0 Å². The molecule has 0 spiro atoms. The molecule has 1 aromatic carbocycles. The van der Waals surface area contributed by atoms with Crippen LogP contribution in [0.1, 0.15) is 27.3 Å². The zero-order chi connectivity index (χ0) is 18.0. The molecule has 0 N–H and O–H groups in total. The predicted octanol–water partition coefficient (Wildman–Crippen LogP) is 1.81. The molecule has 0 aliphatic rings. The molecule has 0 fully saturated rings. The summed E-state index contributed by atoms with van der Waals surface area (Å²) in [6.45, 7) is 1.90. The maximum atomic E-state index is 12.4. The number of ether oxygens (including phenoxy) is 1. The van der Waals surface area contributed by atoms with Crippen LogP contribution in [0.15, 0.2) is 41.3 Å². The van der Waals surface area contributed by atoms with Gasteiger partial charge in [-0.3, -0.25) is 4.79 Å². The van der Waals surface area contributed by atoms with Crippen LogP contribution in [0.3, 0.4) is 0 Å². The standard InChI is InChI=1S/C18H14N4O3/c1-11-16(21-15-6-4-3-5-14(15)20-11)10-22-9-13(18(24)25-2)7-12(8-19)17(22)23/h3-7,9H,10H2,1-2H3. The second kappa shape index (κ2) is 6.53. The van der Waals surface area contributed by atoms with Crippen molar-refractivity contribution in [2.24, 2.45) is 0 Å². The summed E-state index contributed by atoms with van der Waals surface area (Å²) < 4.78 is 5.94. The van der Waals surface area contributed by atoms with Gasteiger partial charge in [0, 0.05) is 6.20 Å². The molecule has 3 aromatic rings. The number of hydrogen-bond donors (Lipinski definition) is 0. The number of nitrogens with zero attached hydrogens (tertiary/aromatic N) is 4. The van der Waals surface area contributed by atoms with Crippen LogP contribution in [-0.4, -0.2) is 27.6 Å². The zero-order valence-electron chi connectivity index (χ0n) is 13.7. The second-order valence-corrected chi connectivity index (χ2v) is 5.42. The van der Waals surface area contributed by atoms with Crippen LogP contribution in [-0.2, 0) is 11.3 Å². The van der Waals surface area contributed by atoms with Gasteiger partial charge < -0.3 is 9.30 Å². The number of benzene rings is 1. The molecule has 25 heavy (non-hydrogen) atoms. The topological polar surface area (TPSA) is 97.9 Å². The fourth-order valence-corrected chi connectivity index (χ4v) is 2.50. The average molecular weight is 334 g/mol. The van der Waals surface area contributed by atoms with Crippen LogP contribution in [0.2, 0.25) is 0 Å². The summed E-state index contributed by atoms with van der Waals surface area (Å²) in [6, 6.07) is 10.5. The number of fused-ring (bicyclic) bond motifs is 1. The van der Waals surface area contributed by atoms with Gasteiger partial charge in [0.1, 0.15) is 11.6 Å². The molecule has 0 atom stereocenters. The van der Waals surface area contributed by atoms with E-state index in [2.05, 4.69) is 14.7 Å². The first-order valence-electron chi connectivity index (χ1n) is 7.48. The molecule has 0 amide bonds. The Hall–Kier alpha value is -3.53. The first-order valence-corrected chi connectivity index (χ1v) is 7.48. The zero-order valence-corrected chi connectivity index (χ0v) is 13.7. The van der Waals surface area contributed by atoms with Crippen molar-refractivity contribution in [2.45, 2.75) is 13.5 Å². The monoisotopic (exact) mass is 334 g/mol. The molecule has 3 rings (SSSR count). The highest BCUT2D eigenvalue weighted by Crippen LogP contribution is 2.13. The maximum Gasteiger partial charge on any atom is 0.339 e. The lowest BCUT2D eigenvalue weighted by Gasteiger charge is -2.10. The molecule has 0 aliphatic heterocycles. The van der Waals surface area contributed by atoms with E-state index in [0.29, 0.717) is 16.9 Å². The normalized spacial score (nSPS) is 10.4. The first kappa shape index (κ1) is 16.3. The van der Waals surface area contributed by atoms with E-state index in [1.165, 1.54) is 23.9 Å². The number of pyridine rings is 1. The Bertz CT molecular complexity index is 1080. The van der Waals surface area contributed by atoms with Crippen molar-refractivity contribution in [1.82, 2.24) is 14.5 Å². The molecule has 0 aliphatic carbocycles. The molecule has 2 aromatic heterocycles. The molecule has 7 heteroatoms. The Morgan fingerprint density at radius 2 is 1.96 bits per heavy atom. The lowest BCUT2D eigenvalue weighted by molar-refractivity contribution is 0.0599. The van der Waals surface area contributed by atoms with Gasteiger partial charge >= 0.3 is 5.97 Å². The maximum absolute atomic E-state index is 12.4. The quantitative estimate of drug-likeness (QED) is 0.678. The van der Waals surface area contributed by atoms with Crippen molar-refractivity contribution < 1.29 is 9.53 Å². The predicted molar refractivity (Wildman–Crippen MR) is 90.1 cm³/mol. The number of aryl methyl sites for hydroxylation is 1. The van der Waals surface area contributed by atoms with E-state index in [1.807, 2.05) is 30.3 Å². The largest absolute Gasteiger partial charge is 0.465 e. The van der Waals surface area contributed by atoms with E-state index < -0.39 is 11.5 Å². The summed E-state index contributed by atoms with van der Waals surface area (Å²) in [5.41, 5.74) is 2.24. The number of carbonyl (C=O) groups excluding carboxylic acids is 1. The van der Waals surface area contributed by atoms with E-state index in [4.69, 9.17) is 5.26 Å². The molecule has 7 nitrogen and oxygen atoms in total. The molecule has 2 heterocycles. The van der Waals surface area contributed by atoms with Gasteiger partial charge in [0.15, 0.2) is 0 Å². The summed E-state index contributed by atoms with van der Waals surface area (Å²) in [6.07, 6.45) is 1.37. The van der Waals surface area contributed by atoms with Gasteiger partial charge in [-0.1, -0.05) is 12.1 Å². The molecule has 0 bridgehead atoms. The molecular formula is C18H14N4O3. The molecule has 0 radical (unpaired) electrons. The number of nitriles is 1. The fourth-order valence-electron chi connectivity index (χ4n) is 2.50. The fraction of sp³-hybridized carbons (Fsp3) is 0.167. The second-order valence-electron chi connectivity index (χ2n) is 5.42. The third kappa shape index (κ3) is 3.10. The third-order valence-electron chi connectivity index (χ3n) is 3.79. The van der Waals surface area contributed by atoms with Gasteiger partial charge in [-0.25, -0.2) is 14.8 Å². The summed E-state index contributed by atoms with van der Waals surface area (Å²) in [5.74, 6) is -0.619. The number of aromatic nitrogens is 3. The van der Waals surface area contributed by atoms with Crippen LogP contribution in [0.25, 0.3) is 11.0 Å². The Morgan fingerprint density at radius 3 is 2.60 bits per heavy atom. The van der Waals surface area contributed by atoms with Crippen LogP contribution in [0, 0.1) is 18.3 Å². The molecular weight excluding hydrogens is 320 g/mol. The van der Waals surface area contributed by atoms with E-state index in [1.54, 1.807) is 6.92 Å². The number of hydrogen-bond acceptors (Lipinski definition) is 6. The van der Waals surface area contributed by atoms with Crippen LogP contribution < -0.4 is 5.56 Å². The smallest absolute Gasteiger partial charge is 0.339 e. The summed E-state index contributed by atoms with van der Waals surface area (Å²) in [5, 5.41) is 9.14. The van der Waals surface area contributed by atoms with Gasteiger partial charge in [-0.2, -0.15) is 5.26 Å². The van der Waals surface area contributed by atoms with Crippen molar-refractivity contribution in [3.63, 3.8) is 0 Å². The molecule has 0 saturated carbocycles. The summed E-state index contributed by atoms with van der Waals surface area (Å²) >= 11 is 0. The summed E-state index contributed by atoms with van der Waals surface area (Å²) in [4.78, 5) is 33.2. The minimum Gasteiger partial charge on any atom is -0.465 e. The first-order chi connectivity index (χ1) is 12.0. The molecule has 0 saturated heterocycles. The van der Waals surface area contributed by atoms with E-state index in [0.717, 1.165) is 5.52 Å². The molecule has 0 unspecified atom stereocenters. The number of methoxy groups -OCH3 is 1. The SMILES string of the molecule is COC(=O)c1cc(C#N)c(=O)n(Cc2nc3ccccc3nc2C)c1. The Morgan fingerprint density at radius 1 is 1.28 bits per heavy atom. The van der Waals surface area contributed by atoms with Crippen LogP contribution >= 0.6 is 0 Å². The number of carbonyl (C=O) groups is 1. The lowest BCUT2D eigenvalue weighted by Crippen LogP contribution is -2.25. The number of para-hydroxylation sites is 2. The highest BCUT2D eigenvalue weighted by molar-refractivity contribution is 5.89. The van der Waals surface area contributed by atoms with Crippen molar-refractivity contribution in [2.75, 3.05) is 7.11 Å². The molecule has 124 valence electrons. The van der Waals surface area contributed by atoms with Gasteiger partial charge in [0.25, 0.3) is 5.56 Å². The highest BCUT2D eigenvalue weighted by atomic mass is 16.5. The van der Waals surface area contributed by atoms with Gasteiger partial charge in [-0.15, -0.1) is 0 Å². The minimum absolute atomic E-state index is 0.0992. The highest BCUT2D eigenvalue weighted by Gasteiger charge is 2.14. The third-order valence-corrected chi connectivity index (χ3v) is 3.79. The van der Waals surface area contributed by atoms with Crippen molar-refractivity contribution in [3.8, 4) is 6.07 Å². The van der Waals surface area contributed by atoms with Crippen molar-refractivity contribution >= 4 is 17.0 Å². The average Bonchev–Trinajstić information content (AvgIpc) is 2.63. The van der Waals surface area contributed by atoms with Gasteiger partial charge in [0.05, 0.1) is 41.6 Å². The van der Waals surface area contributed by atoms with E-state index in [9.17, 15) is 9.59 Å². The van der Waals surface area contributed by atoms with Crippen LogP contribution in [0.5, 0.6) is 0 Å². The van der Waals surface area contributed by atoms with E-state index in [-0.39, 0.29) is 17.7 Å². The van der Waals surface area contributed by atoms with Crippen molar-refractivity contribution in [1.29, 1.82) is 5.26 Å². The van der Waals surface area contributed by atoms with Crippen LogP contribution in [0.4, 0.5) is 0 Å². The Balaban J connectivity index is 2.11. The Labute approximate surface area is 143 Å². The number of esters is 1. The Kier molecular flexibility index (Phi) is 4.27. The number of rotatable bonds is 3.